The van der Waals surface area contributed by atoms with Gasteiger partial charge in [0.2, 0.25) is 6.79 Å². The molecule has 1 aliphatic heterocycles. The molecule has 3 aromatic rings. The van der Waals surface area contributed by atoms with Crippen LogP contribution in [0.3, 0.4) is 0 Å². The van der Waals surface area contributed by atoms with Crippen LogP contribution in [0.2, 0.25) is 0 Å². The van der Waals surface area contributed by atoms with Crippen LogP contribution >= 0.6 is 0 Å². The third-order valence-corrected chi connectivity index (χ3v) is 5.12. The summed E-state index contributed by atoms with van der Waals surface area (Å²) in [7, 11) is 1.59. The maximum atomic E-state index is 12.5. The average molecular weight is 472 g/mol. The fourth-order valence-corrected chi connectivity index (χ4v) is 3.35. The van der Waals surface area contributed by atoms with Crippen molar-refractivity contribution in [3.8, 4) is 34.8 Å². The van der Waals surface area contributed by atoms with Crippen molar-refractivity contribution in [2.45, 2.75) is 6.54 Å². The zero-order valence-corrected chi connectivity index (χ0v) is 19.2. The molecule has 1 N–H and O–H groups in total. The standard InChI is InChI=1S/C27H24N2O6/c1-31-23-4-2-3-5-24(23)33-13-12-32-22-9-6-19(7-10-22)14-21(16-28)27(30)29-17-20-8-11-25-26(15-20)35-18-34-25/h2-11,14-15H,12-13,17-18H2,1H3,(H,29,30)/b21-14+. The summed E-state index contributed by atoms with van der Waals surface area (Å²) < 4.78 is 27.3. The van der Waals surface area contributed by atoms with Crippen molar-refractivity contribution >= 4 is 12.0 Å². The molecule has 1 heterocycles. The number of nitriles is 1. The van der Waals surface area contributed by atoms with E-state index in [-0.39, 0.29) is 18.9 Å². The number of para-hydroxylation sites is 2. The number of nitrogens with zero attached hydrogens (tertiary/aromatic N) is 1. The quantitative estimate of drug-likeness (QED) is 0.269. The first-order valence-corrected chi connectivity index (χ1v) is 10.9. The molecule has 3 aromatic carbocycles. The minimum absolute atomic E-state index is 0.00428. The van der Waals surface area contributed by atoms with E-state index >= 15 is 0 Å². The number of methoxy groups -OCH3 is 1. The highest BCUT2D eigenvalue weighted by molar-refractivity contribution is 6.01. The van der Waals surface area contributed by atoms with Crippen LogP contribution in [0.1, 0.15) is 11.1 Å². The Morgan fingerprint density at radius 2 is 1.74 bits per heavy atom. The lowest BCUT2D eigenvalue weighted by molar-refractivity contribution is -0.117. The van der Waals surface area contributed by atoms with E-state index in [1.807, 2.05) is 36.4 Å². The molecular formula is C27H24N2O6. The lowest BCUT2D eigenvalue weighted by Gasteiger charge is -2.11. The molecule has 0 radical (unpaired) electrons. The van der Waals surface area contributed by atoms with E-state index in [2.05, 4.69) is 5.32 Å². The summed E-state index contributed by atoms with van der Waals surface area (Å²) in [4.78, 5) is 12.5. The van der Waals surface area contributed by atoms with Gasteiger partial charge in [-0.1, -0.05) is 30.3 Å². The van der Waals surface area contributed by atoms with Crippen LogP contribution in [0.15, 0.2) is 72.3 Å². The smallest absolute Gasteiger partial charge is 0.262 e. The average Bonchev–Trinajstić information content (AvgIpc) is 3.37. The van der Waals surface area contributed by atoms with E-state index in [0.717, 1.165) is 5.56 Å². The molecule has 178 valence electrons. The number of benzene rings is 3. The van der Waals surface area contributed by atoms with Crippen LogP contribution in [-0.4, -0.2) is 33.0 Å². The van der Waals surface area contributed by atoms with Crippen molar-refractivity contribution in [1.82, 2.24) is 5.32 Å². The number of amides is 1. The fraction of sp³-hybridized carbons (Fsp3) is 0.185. The van der Waals surface area contributed by atoms with Gasteiger partial charge in [0.15, 0.2) is 23.0 Å². The predicted molar refractivity (Wildman–Crippen MR) is 128 cm³/mol. The second-order valence-corrected chi connectivity index (χ2v) is 7.46. The predicted octanol–water partition coefficient (Wildman–Crippen LogP) is 4.11. The van der Waals surface area contributed by atoms with Gasteiger partial charge >= 0.3 is 0 Å². The maximum absolute atomic E-state index is 12.5. The molecule has 8 nitrogen and oxygen atoms in total. The molecular weight excluding hydrogens is 448 g/mol. The Bertz CT molecular complexity index is 1250. The van der Waals surface area contributed by atoms with Crippen molar-refractivity contribution in [2.75, 3.05) is 27.1 Å². The Balaban J connectivity index is 1.27. The molecule has 0 aliphatic carbocycles. The molecule has 4 rings (SSSR count). The van der Waals surface area contributed by atoms with Crippen LogP contribution in [0, 0.1) is 11.3 Å². The number of hydrogen-bond acceptors (Lipinski definition) is 7. The van der Waals surface area contributed by atoms with Gasteiger partial charge in [-0.3, -0.25) is 4.79 Å². The number of carbonyl (C=O) groups is 1. The van der Waals surface area contributed by atoms with Gasteiger partial charge < -0.3 is 29.0 Å². The molecule has 0 spiro atoms. The third-order valence-electron chi connectivity index (χ3n) is 5.12. The minimum atomic E-state index is -0.459. The van der Waals surface area contributed by atoms with Crippen LogP contribution < -0.4 is 29.0 Å². The number of nitrogens with one attached hydrogen (secondary N) is 1. The summed E-state index contributed by atoms with van der Waals surface area (Å²) in [5.41, 5.74) is 1.55. The van der Waals surface area contributed by atoms with Crippen molar-refractivity contribution in [3.63, 3.8) is 0 Å². The third kappa shape index (κ3) is 6.24. The zero-order chi connectivity index (χ0) is 24.5. The molecule has 0 fully saturated rings. The SMILES string of the molecule is COc1ccccc1OCCOc1ccc(/C=C(\C#N)C(=O)NCc2ccc3c(c2)OCO3)cc1. The lowest BCUT2D eigenvalue weighted by Crippen LogP contribution is -2.23. The van der Waals surface area contributed by atoms with Crippen molar-refractivity contribution in [1.29, 1.82) is 5.26 Å². The first kappa shape index (κ1) is 23.5. The number of hydrogen-bond donors (Lipinski definition) is 1. The van der Waals surface area contributed by atoms with Gasteiger partial charge in [0, 0.05) is 6.54 Å². The molecule has 0 saturated heterocycles. The Hall–Kier alpha value is -4.64. The van der Waals surface area contributed by atoms with Crippen LogP contribution in [0.25, 0.3) is 6.08 Å². The summed E-state index contributed by atoms with van der Waals surface area (Å²) in [6.45, 7) is 1.15. The highest BCUT2D eigenvalue weighted by Crippen LogP contribution is 2.32. The molecule has 0 unspecified atom stereocenters. The van der Waals surface area contributed by atoms with E-state index in [9.17, 15) is 10.1 Å². The molecule has 35 heavy (non-hydrogen) atoms. The van der Waals surface area contributed by atoms with Gasteiger partial charge in [-0.2, -0.15) is 5.26 Å². The van der Waals surface area contributed by atoms with Gasteiger partial charge in [-0.25, -0.2) is 0 Å². The summed E-state index contributed by atoms with van der Waals surface area (Å²) in [6, 6.07) is 21.9. The second kappa shape index (κ2) is 11.5. The van der Waals surface area contributed by atoms with E-state index < -0.39 is 5.91 Å². The summed E-state index contributed by atoms with van der Waals surface area (Å²) >= 11 is 0. The Morgan fingerprint density at radius 1 is 1.00 bits per heavy atom. The molecule has 0 saturated carbocycles. The second-order valence-electron chi connectivity index (χ2n) is 7.46. The van der Waals surface area contributed by atoms with Gasteiger partial charge in [0.1, 0.15) is 30.6 Å². The monoisotopic (exact) mass is 472 g/mol. The Morgan fingerprint density at radius 3 is 2.51 bits per heavy atom. The number of fused-ring (bicyclic) bond motifs is 1. The first-order chi connectivity index (χ1) is 17.2. The summed E-state index contributed by atoms with van der Waals surface area (Å²) in [5, 5.41) is 12.2. The van der Waals surface area contributed by atoms with Crippen LogP contribution in [0.5, 0.6) is 28.7 Å². The van der Waals surface area contributed by atoms with Gasteiger partial charge in [0.05, 0.1) is 7.11 Å². The largest absolute Gasteiger partial charge is 0.493 e. The van der Waals surface area contributed by atoms with Crippen LogP contribution in [0.4, 0.5) is 0 Å². The summed E-state index contributed by atoms with van der Waals surface area (Å²) in [6.07, 6.45) is 1.53. The molecule has 0 atom stereocenters. The molecule has 1 amide bonds. The zero-order valence-electron chi connectivity index (χ0n) is 19.2. The van der Waals surface area contributed by atoms with Crippen molar-refractivity contribution in [2.24, 2.45) is 0 Å². The highest BCUT2D eigenvalue weighted by atomic mass is 16.7. The van der Waals surface area contributed by atoms with Gasteiger partial charge in [-0.05, 0) is 53.6 Å². The first-order valence-electron chi connectivity index (χ1n) is 10.9. The van der Waals surface area contributed by atoms with E-state index in [0.29, 0.717) is 47.5 Å². The Kier molecular flexibility index (Phi) is 7.71. The molecule has 0 aromatic heterocycles. The van der Waals surface area contributed by atoms with E-state index in [1.54, 1.807) is 43.5 Å². The normalized spacial score (nSPS) is 11.9. The van der Waals surface area contributed by atoms with Crippen LogP contribution in [-0.2, 0) is 11.3 Å². The molecule has 8 heteroatoms. The summed E-state index contributed by atoms with van der Waals surface area (Å²) in [5.74, 6) is 2.82. The fourth-order valence-electron chi connectivity index (χ4n) is 3.35. The van der Waals surface area contributed by atoms with E-state index in [1.165, 1.54) is 6.08 Å². The molecule has 1 aliphatic rings. The number of carbonyl (C=O) groups excluding carboxylic acids is 1. The molecule has 0 bridgehead atoms. The van der Waals surface area contributed by atoms with Crippen molar-refractivity contribution in [3.05, 3.63) is 83.4 Å². The van der Waals surface area contributed by atoms with Gasteiger partial charge in [-0.15, -0.1) is 0 Å². The van der Waals surface area contributed by atoms with E-state index in [4.69, 9.17) is 23.7 Å². The number of ether oxygens (including phenoxy) is 5. The Labute approximate surface area is 203 Å². The van der Waals surface area contributed by atoms with Crippen molar-refractivity contribution < 1.29 is 28.5 Å². The minimum Gasteiger partial charge on any atom is -0.493 e. The lowest BCUT2D eigenvalue weighted by atomic mass is 10.1. The maximum Gasteiger partial charge on any atom is 0.262 e. The van der Waals surface area contributed by atoms with Gasteiger partial charge in [0.25, 0.3) is 5.91 Å². The number of rotatable bonds is 10. The highest BCUT2D eigenvalue weighted by Gasteiger charge is 2.14. The topological polar surface area (TPSA) is 99.0 Å².